The predicted octanol–water partition coefficient (Wildman–Crippen LogP) is 10.6. The third kappa shape index (κ3) is 37.0. The van der Waals surface area contributed by atoms with Crippen molar-refractivity contribution in [1.29, 1.82) is 0 Å². The van der Waals surface area contributed by atoms with E-state index in [1.807, 2.05) is 12.2 Å². The minimum Gasteiger partial charge on any atom is -0.462 e. The van der Waals surface area contributed by atoms with Gasteiger partial charge in [0.2, 0.25) is 0 Å². The minimum absolute atomic E-state index is 0.173. The van der Waals surface area contributed by atoms with Gasteiger partial charge in [-0.3, -0.25) is 18.9 Å². The van der Waals surface area contributed by atoms with Crippen molar-refractivity contribution in [2.24, 2.45) is 0 Å². The quantitative estimate of drug-likeness (QED) is 0.0164. The Labute approximate surface area is 298 Å². The zero-order chi connectivity index (χ0) is 36.3. The summed E-state index contributed by atoms with van der Waals surface area (Å²) in [7, 11) is -4.77. The molecule has 0 fully saturated rings. The second-order valence-electron chi connectivity index (χ2n) is 12.9. The Morgan fingerprint density at radius 3 is 1.61 bits per heavy atom. The molecule has 0 bridgehead atoms. The topological polar surface area (TPSA) is 136 Å². The van der Waals surface area contributed by atoms with Gasteiger partial charge in [-0.15, -0.1) is 0 Å². The van der Waals surface area contributed by atoms with Crippen molar-refractivity contribution in [2.75, 3.05) is 13.2 Å². The molecule has 1 atom stereocenters. The summed E-state index contributed by atoms with van der Waals surface area (Å²) in [6.45, 7) is 3.48. The molecule has 0 unspecified atom stereocenters. The van der Waals surface area contributed by atoms with Gasteiger partial charge >= 0.3 is 19.8 Å². The van der Waals surface area contributed by atoms with Crippen LogP contribution in [0.1, 0.15) is 174 Å². The second kappa shape index (κ2) is 34.4. The summed E-state index contributed by atoms with van der Waals surface area (Å²) in [5.74, 6) is -0.778. The summed E-state index contributed by atoms with van der Waals surface area (Å²) < 4.78 is 26.3. The number of carbonyl (C=O) groups excluding carboxylic acids is 3. The number of ketones is 1. The largest absolute Gasteiger partial charge is 0.469 e. The van der Waals surface area contributed by atoms with Crippen molar-refractivity contribution in [1.82, 2.24) is 0 Å². The Morgan fingerprint density at radius 1 is 0.571 bits per heavy atom. The molecule has 0 aliphatic heterocycles. The molecule has 0 aromatic heterocycles. The highest BCUT2D eigenvalue weighted by atomic mass is 31.2. The number of carbonyl (C=O) groups is 3. The highest BCUT2D eigenvalue weighted by Gasteiger charge is 2.22. The Hall–Kier alpha value is -2.06. The van der Waals surface area contributed by atoms with Crippen LogP contribution >= 0.6 is 7.82 Å². The second-order valence-corrected chi connectivity index (χ2v) is 14.2. The van der Waals surface area contributed by atoms with Gasteiger partial charge in [0.1, 0.15) is 6.61 Å². The van der Waals surface area contributed by atoms with Crippen molar-refractivity contribution in [3.05, 3.63) is 36.5 Å². The number of phosphoric ester groups is 1. The average molecular weight is 713 g/mol. The van der Waals surface area contributed by atoms with Gasteiger partial charge in [0.15, 0.2) is 11.9 Å². The maximum absolute atomic E-state index is 12.4. The molecule has 49 heavy (non-hydrogen) atoms. The van der Waals surface area contributed by atoms with Crippen LogP contribution in [0.5, 0.6) is 0 Å². The normalized spacial score (nSPS) is 12.7. The van der Waals surface area contributed by atoms with E-state index in [-0.39, 0.29) is 25.2 Å². The number of rotatable bonds is 35. The number of unbranched alkanes of at least 4 members (excludes halogenated alkanes) is 18. The van der Waals surface area contributed by atoms with Gasteiger partial charge < -0.3 is 19.3 Å². The molecule has 0 saturated carbocycles. The Morgan fingerprint density at radius 2 is 1.04 bits per heavy atom. The van der Waals surface area contributed by atoms with Gasteiger partial charge in [0.05, 0.1) is 6.61 Å². The number of esters is 2. The van der Waals surface area contributed by atoms with Crippen LogP contribution in [-0.4, -0.2) is 46.8 Å². The van der Waals surface area contributed by atoms with Crippen molar-refractivity contribution in [2.45, 2.75) is 180 Å². The lowest BCUT2D eigenvalue weighted by Gasteiger charge is -2.18. The van der Waals surface area contributed by atoms with Crippen LogP contribution in [0, 0.1) is 0 Å². The highest BCUT2D eigenvalue weighted by molar-refractivity contribution is 7.46. The minimum atomic E-state index is -4.77. The summed E-state index contributed by atoms with van der Waals surface area (Å²) in [5.41, 5.74) is 0. The smallest absolute Gasteiger partial charge is 0.462 e. The van der Waals surface area contributed by atoms with Crippen LogP contribution in [0.4, 0.5) is 0 Å². The molecule has 0 saturated heterocycles. The van der Waals surface area contributed by atoms with Crippen molar-refractivity contribution in [3.63, 3.8) is 0 Å². The zero-order valence-corrected chi connectivity index (χ0v) is 31.7. The van der Waals surface area contributed by atoms with E-state index >= 15 is 0 Å². The molecule has 2 N–H and O–H groups in total. The van der Waals surface area contributed by atoms with Crippen LogP contribution in [0.25, 0.3) is 0 Å². The standard InChI is InChI=1S/C39H69O9P/c1-3-5-7-8-9-10-11-12-13-14-15-18-22-25-29-33-39(42)48-37(35-47-49(43,44)45)34-46-38(41)32-28-24-21-19-16-17-20-23-27-31-36(40)30-26-6-4-2/h10-11,20,23,27,31,37H,3-9,12-19,21-22,24-26,28-30,32-35H2,1-2H3,(H2,43,44,45)/b11-10-,23-20-,31-27+/t37-/m1/s1. The molecule has 10 heteroatoms. The lowest BCUT2D eigenvalue weighted by Crippen LogP contribution is -2.29. The number of hydrogen-bond acceptors (Lipinski definition) is 7. The van der Waals surface area contributed by atoms with E-state index in [0.717, 1.165) is 77.0 Å². The predicted molar refractivity (Wildman–Crippen MR) is 198 cm³/mol. The fraction of sp³-hybridized carbons (Fsp3) is 0.769. The third-order valence-electron chi connectivity index (χ3n) is 8.11. The van der Waals surface area contributed by atoms with Crippen molar-refractivity contribution >= 4 is 25.5 Å². The van der Waals surface area contributed by atoms with E-state index in [1.165, 1.54) is 51.4 Å². The van der Waals surface area contributed by atoms with Crippen LogP contribution in [0.3, 0.4) is 0 Å². The third-order valence-corrected chi connectivity index (χ3v) is 8.59. The first-order valence-electron chi connectivity index (χ1n) is 19.2. The number of hydrogen-bond donors (Lipinski definition) is 2. The molecule has 0 amide bonds. The van der Waals surface area contributed by atoms with Crippen LogP contribution in [0.15, 0.2) is 36.5 Å². The Kier molecular flexibility index (Phi) is 32.9. The van der Waals surface area contributed by atoms with Gasteiger partial charge in [-0.1, -0.05) is 128 Å². The molecular formula is C39H69O9P. The van der Waals surface area contributed by atoms with Crippen LogP contribution in [-0.2, 0) is 32.9 Å². The number of ether oxygens (including phenoxy) is 2. The van der Waals surface area contributed by atoms with E-state index in [1.54, 1.807) is 6.08 Å². The first-order valence-corrected chi connectivity index (χ1v) is 20.8. The van der Waals surface area contributed by atoms with Crippen LogP contribution < -0.4 is 0 Å². The first kappa shape index (κ1) is 46.9. The molecule has 284 valence electrons. The molecule has 0 heterocycles. The van der Waals surface area contributed by atoms with Gasteiger partial charge in [0.25, 0.3) is 0 Å². The number of allylic oxidation sites excluding steroid dienone is 6. The van der Waals surface area contributed by atoms with Gasteiger partial charge in [-0.25, -0.2) is 4.57 Å². The lowest BCUT2D eigenvalue weighted by atomic mass is 10.1. The molecule has 0 radical (unpaired) electrons. The van der Waals surface area contributed by atoms with E-state index in [2.05, 4.69) is 36.6 Å². The summed E-state index contributed by atoms with van der Waals surface area (Å²) in [6.07, 6.45) is 35.6. The van der Waals surface area contributed by atoms with Gasteiger partial charge in [-0.05, 0) is 63.9 Å². The van der Waals surface area contributed by atoms with Gasteiger partial charge in [0, 0.05) is 19.3 Å². The zero-order valence-electron chi connectivity index (χ0n) is 30.8. The fourth-order valence-corrected chi connectivity index (χ4v) is 5.53. The molecule has 0 aliphatic carbocycles. The SMILES string of the molecule is CCCCCC/C=C\CCCCCCCCCC(=O)O[C@H](COC(=O)CCCCCCC/C=C\C=C\C(=O)CCCCC)COP(=O)(O)O. The number of phosphoric acid groups is 1. The monoisotopic (exact) mass is 712 g/mol. The molecular weight excluding hydrogens is 643 g/mol. The maximum atomic E-state index is 12.4. The molecule has 0 spiro atoms. The maximum Gasteiger partial charge on any atom is 0.469 e. The van der Waals surface area contributed by atoms with E-state index in [4.69, 9.17) is 19.3 Å². The fourth-order valence-electron chi connectivity index (χ4n) is 5.17. The summed E-state index contributed by atoms with van der Waals surface area (Å²) in [6, 6.07) is 0. The molecule has 9 nitrogen and oxygen atoms in total. The molecule has 0 aromatic rings. The molecule has 0 rings (SSSR count). The van der Waals surface area contributed by atoms with Gasteiger partial charge in [-0.2, -0.15) is 0 Å². The van der Waals surface area contributed by atoms with Crippen molar-refractivity contribution < 1.29 is 42.7 Å². The summed E-state index contributed by atoms with van der Waals surface area (Å²) in [4.78, 5) is 54.4. The van der Waals surface area contributed by atoms with E-state index in [9.17, 15) is 18.9 Å². The summed E-state index contributed by atoms with van der Waals surface area (Å²) in [5, 5.41) is 0. The van der Waals surface area contributed by atoms with Crippen LogP contribution in [0.2, 0.25) is 0 Å². The molecule has 0 aromatic carbocycles. The summed E-state index contributed by atoms with van der Waals surface area (Å²) >= 11 is 0. The Balaban J connectivity index is 4.03. The highest BCUT2D eigenvalue weighted by Crippen LogP contribution is 2.36. The lowest BCUT2D eigenvalue weighted by molar-refractivity contribution is -0.161. The average Bonchev–Trinajstić information content (AvgIpc) is 3.06. The molecule has 0 aliphatic rings. The van der Waals surface area contributed by atoms with Crippen molar-refractivity contribution in [3.8, 4) is 0 Å². The van der Waals surface area contributed by atoms with E-state index in [0.29, 0.717) is 19.3 Å². The Bertz CT molecular complexity index is 954. The van der Waals surface area contributed by atoms with E-state index < -0.39 is 32.5 Å². The first-order chi connectivity index (χ1) is 23.7.